The highest BCUT2D eigenvalue weighted by atomic mass is 28.3. The zero-order valence-electron chi connectivity index (χ0n) is 18.7. The molecule has 0 saturated heterocycles. The molecule has 0 fully saturated rings. The fourth-order valence-corrected chi connectivity index (χ4v) is 10.2. The molecule has 0 aromatic heterocycles. The van der Waals surface area contributed by atoms with Crippen LogP contribution < -0.4 is 0 Å². The van der Waals surface area contributed by atoms with E-state index in [4.69, 9.17) is 0 Å². The third-order valence-electron chi connectivity index (χ3n) is 7.50. The van der Waals surface area contributed by atoms with Gasteiger partial charge in [0.2, 0.25) is 0 Å². The summed E-state index contributed by atoms with van der Waals surface area (Å²) in [4.78, 5) is 0. The molecule has 31 heavy (non-hydrogen) atoms. The summed E-state index contributed by atoms with van der Waals surface area (Å²) < 4.78 is 0. The Labute approximate surface area is 186 Å². The molecule has 152 valence electrons. The Morgan fingerprint density at radius 1 is 0.613 bits per heavy atom. The van der Waals surface area contributed by atoms with E-state index in [1.54, 1.807) is 10.4 Å². The number of hydrogen-bond acceptors (Lipinski definition) is 0. The molecule has 2 atom stereocenters. The van der Waals surface area contributed by atoms with Gasteiger partial charge in [-0.15, -0.1) is 0 Å². The Morgan fingerprint density at radius 2 is 1.06 bits per heavy atom. The number of hydrogen-bond donors (Lipinski definition) is 0. The van der Waals surface area contributed by atoms with Crippen LogP contribution in [0.15, 0.2) is 96.2 Å². The predicted molar refractivity (Wildman–Crippen MR) is 136 cm³/mol. The first kappa shape index (κ1) is 18.8. The summed E-state index contributed by atoms with van der Waals surface area (Å²) in [5, 5.41) is 3.27. The highest BCUT2D eigenvalue weighted by molar-refractivity contribution is 7.09. The number of aryl methyl sites for hydroxylation is 2. The minimum absolute atomic E-state index is 0.406. The van der Waals surface area contributed by atoms with Crippen molar-refractivity contribution in [1.29, 1.82) is 0 Å². The Morgan fingerprint density at radius 3 is 1.52 bits per heavy atom. The summed E-state index contributed by atoms with van der Waals surface area (Å²) in [5.41, 5.74) is 11.7. The van der Waals surface area contributed by atoms with Gasteiger partial charge in [-0.3, -0.25) is 0 Å². The van der Waals surface area contributed by atoms with Crippen molar-refractivity contribution in [3.05, 3.63) is 130 Å². The molecule has 2 unspecified atom stereocenters. The topological polar surface area (TPSA) is 0 Å². The lowest BCUT2D eigenvalue weighted by Gasteiger charge is -2.31. The second-order valence-electron chi connectivity index (χ2n) is 9.91. The van der Waals surface area contributed by atoms with Crippen molar-refractivity contribution < 1.29 is 0 Å². The molecular formula is C30H28Si. The molecule has 2 aromatic rings. The fourth-order valence-electron chi connectivity index (χ4n) is 6.25. The minimum atomic E-state index is -2.01. The van der Waals surface area contributed by atoms with Gasteiger partial charge in [-0.2, -0.15) is 0 Å². The van der Waals surface area contributed by atoms with Crippen LogP contribution in [0, 0.1) is 13.8 Å². The molecule has 0 amide bonds. The maximum Gasteiger partial charge on any atom is 0.114 e. The third-order valence-corrected chi connectivity index (χ3v) is 11.1. The van der Waals surface area contributed by atoms with E-state index < -0.39 is 8.07 Å². The monoisotopic (exact) mass is 416 g/mol. The SMILES string of the molecule is Cc1ccc2c(c1)C([Si](C)(C)C1=C3C=CC=CC3c3ccc(C)cc31)=C1C=CC=CC12. The Bertz CT molecular complexity index is 1220. The van der Waals surface area contributed by atoms with Crippen molar-refractivity contribution in [1.82, 2.24) is 0 Å². The highest BCUT2D eigenvalue weighted by Crippen LogP contribution is 2.56. The van der Waals surface area contributed by atoms with Crippen molar-refractivity contribution in [3.63, 3.8) is 0 Å². The van der Waals surface area contributed by atoms with Crippen molar-refractivity contribution in [3.8, 4) is 0 Å². The predicted octanol–water partition coefficient (Wildman–Crippen LogP) is 7.74. The molecule has 0 saturated carbocycles. The van der Waals surface area contributed by atoms with Crippen LogP contribution in [-0.2, 0) is 0 Å². The number of fused-ring (bicyclic) bond motifs is 6. The van der Waals surface area contributed by atoms with Crippen LogP contribution in [0.25, 0.3) is 10.4 Å². The minimum Gasteiger partial charge on any atom is -0.0726 e. The van der Waals surface area contributed by atoms with Gasteiger partial charge in [0.05, 0.1) is 0 Å². The van der Waals surface area contributed by atoms with E-state index in [0.29, 0.717) is 11.8 Å². The lowest BCUT2D eigenvalue weighted by molar-refractivity contribution is 1.05. The molecule has 6 rings (SSSR count). The highest BCUT2D eigenvalue weighted by Gasteiger charge is 2.45. The van der Waals surface area contributed by atoms with E-state index in [2.05, 4.69) is 112 Å². The summed E-state index contributed by atoms with van der Waals surface area (Å²) in [5.74, 6) is 0.813. The standard InChI is InChI=1S/C30H28Si/c1-19-13-15-23-21-9-5-7-11-25(21)29(27(23)17-19)31(3,4)30-26-12-8-6-10-22(26)24-16-14-20(2)18-28(24)30/h5-18,21-22H,1-4H3. The average molecular weight is 417 g/mol. The number of allylic oxidation sites excluding steroid dienone is 10. The number of rotatable bonds is 2. The molecule has 0 aliphatic heterocycles. The first-order valence-electron chi connectivity index (χ1n) is 11.4. The summed E-state index contributed by atoms with van der Waals surface area (Å²) in [6.07, 6.45) is 18.4. The van der Waals surface area contributed by atoms with Crippen LogP contribution in [0.3, 0.4) is 0 Å². The normalized spacial score (nSPS) is 22.7. The third kappa shape index (κ3) is 2.60. The molecule has 0 radical (unpaired) electrons. The molecular weight excluding hydrogens is 388 g/mol. The second-order valence-corrected chi connectivity index (χ2v) is 14.2. The molecule has 0 heterocycles. The Balaban J connectivity index is 1.64. The Hall–Kier alpha value is -2.90. The molecule has 4 aliphatic carbocycles. The maximum atomic E-state index is 2.58. The van der Waals surface area contributed by atoms with Crippen molar-refractivity contribution in [2.24, 2.45) is 0 Å². The van der Waals surface area contributed by atoms with Gasteiger partial charge in [0.25, 0.3) is 0 Å². The van der Waals surface area contributed by atoms with Crippen molar-refractivity contribution in [2.75, 3.05) is 0 Å². The van der Waals surface area contributed by atoms with Gasteiger partial charge in [-0.1, -0.05) is 109 Å². The van der Waals surface area contributed by atoms with E-state index in [-0.39, 0.29) is 0 Å². The first-order valence-corrected chi connectivity index (χ1v) is 14.4. The summed E-state index contributed by atoms with van der Waals surface area (Å²) in [6.45, 7) is 9.62. The van der Waals surface area contributed by atoms with Gasteiger partial charge >= 0.3 is 0 Å². The smallest absolute Gasteiger partial charge is 0.0726 e. The molecule has 0 N–H and O–H groups in total. The van der Waals surface area contributed by atoms with Gasteiger partial charge in [0.15, 0.2) is 0 Å². The van der Waals surface area contributed by atoms with Crippen LogP contribution >= 0.6 is 0 Å². The van der Waals surface area contributed by atoms with Crippen molar-refractivity contribution in [2.45, 2.75) is 38.8 Å². The largest absolute Gasteiger partial charge is 0.114 e. The van der Waals surface area contributed by atoms with Gasteiger partial charge < -0.3 is 0 Å². The Kier molecular flexibility index (Phi) is 3.98. The van der Waals surface area contributed by atoms with E-state index in [0.717, 1.165) is 0 Å². The average Bonchev–Trinajstić information content (AvgIpc) is 3.26. The van der Waals surface area contributed by atoms with Gasteiger partial charge in [-0.05, 0) is 57.6 Å². The van der Waals surface area contributed by atoms with Gasteiger partial charge in [0, 0.05) is 11.8 Å². The van der Waals surface area contributed by atoms with E-state index >= 15 is 0 Å². The second kappa shape index (κ2) is 6.55. The zero-order chi connectivity index (χ0) is 21.3. The molecule has 2 aromatic carbocycles. The summed E-state index contributed by atoms with van der Waals surface area (Å²) in [6, 6.07) is 14.2. The van der Waals surface area contributed by atoms with Crippen LogP contribution in [0.1, 0.15) is 45.2 Å². The molecule has 0 bridgehead atoms. The van der Waals surface area contributed by atoms with Gasteiger partial charge in [0.1, 0.15) is 8.07 Å². The maximum absolute atomic E-state index is 2.58. The van der Waals surface area contributed by atoms with Crippen LogP contribution in [0.2, 0.25) is 13.1 Å². The molecule has 0 spiro atoms. The zero-order valence-corrected chi connectivity index (χ0v) is 19.7. The first-order chi connectivity index (χ1) is 15.0. The number of benzene rings is 2. The lowest BCUT2D eigenvalue weighted by atomic mass is 9.92. The van der Waals surface area contributed by atoms with E-state index in [1.165, 1.54) is 44.5 Å². The van der Waals surface area contributed by atoms with E-state index in [9.17, 15) is 0 Å². The summed E-state index contributed by atoms with van der Waals surface area (Å²) >= 11 is 0. The van der Waals surface area contributed by atoms with Crippen LogP contribution in [0.4, 0.5) is 0 Å². The van der Waals surface area contributed by atoms with Gasteiger partial charge in [-0.25, -0.2) is 0 Å². The summed E-state index contributed by atoms with van der Waals surface area (Å²) in [7, 11) is -2.01. The molecule has 4 aliphatic rings. The van der Waals surface area contributed by atoms with Crippen LogP contribution in [0.5, 0.6) is 0 Å². The van der Waals surface area contributed by atoms with E-state index in [1.807, 2.05) is 0 Å². The van der Waals surface area contributed by atoms with Crippen molar-refractivity contribution >= 4 is 18.5 Å². The van der Waals surface area contributed by atoms with Crippen LogP contribution in [-0.4, -0.2) is 8.07 Å². The quantitative estimate of drug-likeness (QED) is 0.439. The molecule has 1 heteroatoms. The lowest BCUT2D eigenvalue weighted by Crippen LogP contribution is -2.31. The fraction of sp³-hybridized carbons (Fsp3) is 0.200. The molecule has 0 nitrogen and oxygen atoms in total.